The predicted octanol–water partition coefficient (Wildman–Crippen LogP) is 3.32. The molecular formula is C16H26IN3O. The molecule has 21 heavy (non-hydrogen) atoms. The molecule has 1 aromatic rings. The zero-order chi connectivity index (χ0) is 15.0. The quantitative estimate of drug-likeness (QED) is 0.318. The summed E-state index contributed by atoms with van der Waals surface area (Å²) in [6.07, 6.45) is 0. The van der Waals surface area contributed by atoms with Gasteiger partial charge in [-0.15, -0.1) is 24.0 Å². The van der Waals surface area contributed by atoms with Crippen LogP contribution in [-0.2, 0) is 6.54 Å². The molecule has 0 aliphatic rings. The molecule has 0 radical (unpaired) electrons. The van der Waals surface area contributed by atoms with Crippen molar-refractivity contribution < 1.29 is 4.74 Å². The Morgan fingerprint density at radius 2 is 1.95 bits per heavy atom. The second-order valence-electron chi connectivity index (χ2n) is 5.36. The molecule has 0 aliphatic carbocycles. The molecule has 118 valence electrons. The van der Waals surface area contributed by atoms with Crippen molar-refractivity contribution in [2.24, 2.45) is 16.6 Å². The summed E-state index contributed by atoms with van der Waals surface area (Å²) in [6.45, 7) is 11.9. The van der Waals surface area contributed by atoms with Gasteiger partial charge in [0.25, 0.3) is 0 Å². The summed E-state index contributed by atoms with van der Waals surface area (Å²) < 4.78 is 5.63. The number of nitrogens with two attached hydrogens (primary N) is 1. The van der Waals surface area contributed by atoms with Crippen LogP contribution in [0.5, 0.6) is 5.75 Å². The molecular weight excluding hydrogens is 377 g/mol. The second kappa shape index (κ2) is 10.5. The fourth-order valence-corrected chi connectivity index (χ4v) is 1.43. The standard InChI is InChI=1S/C16H25N3O.HI/c1-12(2)9-18-16(17)19-10-14-5-7-15(8-6-14)20-11-13(3)4;/h5-8,13H,1,9-11H2,2-4H3,(H3,17,18,19);1H. The molecule has 3 N–H and O–H groups in total. The molecule has 0 atom stereocenters. The van der Waals surface area contributed by atoms with E-state index in [2.05, 4.69) is 30.7 Å². The number of hydrogen-bond acceptors (Lipinski definition) is 2. The highest BCUT2D eigenvalue weighted by Gasteiger charge is 1.98. The van der Waals surface area contributed by atoms with Crippen LogP contribution in [0.25, 0.3) is 0 Å². The van der Waals surface area contributed by atoms with E-state index in [4.69, 9.17) is 10.5 Å². The largest absolute Gasteiger partial charge is 0.493 e. The van der Waals surface area contributed by atoms with E-state index in [1.165, 1.54) is 0 Å². The van der Waals surface area contributed by atoms with Gasteiger partial charge in [0.15, 0.2) is 5.96 Å². The lowest BCUT2D eigenvalue weighted by atomic mass is 10.2. The number of rotatable bonds is 7. The van der Waals surface area contributed by atoms with E-state index in [1.807, 2.05) is 31.2 Å². The Bertz CT molecular complexity index is 455. The van der Waals surface area contributed by atoms with Crippen molar-refractivity contribution in [2.45, 2.75) is 27.3 Å². The lowest BCUT2D eigenvalue weighted by Gasteiger charge is -2.09. The molecule has 0 fully saturated rings. The molecule has 0 aromatic heterocycles. The summed E-state index contributed by atoms with van der Waals surface area (Å²) in [6, 6.07) is 7.94. The lowest BCUT2D eigenvalue weighted by molar-refractivity contribution is 0.271. The summed E-state index contributed by atoms with van der Waals surface area (Å²) in [5.74, 6) is 1.85. The summed E-state index contributed by atoms with van der Waals surface area (Å²) >= 11 is 0. The average Bonchev–Trinajstić information content (AvgIpc) is 2.41. The minimum atomic E-state index is 0. The first-order valence-corrected chi connectivity index (χ1v) is 6.87. The van der Waals surface area contributed by atoms with Gasteiger partial charge in [0.2, 0.25) is 0 Å². The van der Waals surface area contributed by atoms with Crippen LogP contribution in [-0.4, -0.2) is 19.1 Å². The molecule has 1 aromatic carbocycles. The highest BCUT2D eigenvalue weighted by atomic mass is 127. The fourth-order valence-electron chi connectivity index (χ4n) is 1.43. The normalized spacial score (nSPS) is 11.0. The highest BCUT2D eigenvalue weighted by Crippen LogP contribution is 2.13. The topological polar surface area (TPSA) is 59.6 Å². The fraction of sp³-hybridized carbons (Fsp3) is 0.438. The summed E-state index contributed by atoms with van der Waals surface area (Å²) in [5.41, 5.74) is 7.88. The first-order valence-electron chi connectivity index (χ1n) is 6.87. The van der Waals surface area contributed by atoms with E-state index in [0.29, 0.717) is 25.0 Å². The van der Waals surface area contributed by atoms with Crippen molar-refractivity contribution in [1.29, 1.82) is 0 Å². The lowest BCUT2D eigenvalue weighted by Crippen LogP contribution is -2.32. The maximum atomic E-state index is 5.75. The van der Waals surface area contributed by atoms with Gasteiger partial charge in [-0.3, -0.25) is 0 Å². The predicted molar refractivity (Wildman–Crippen MR) is 100 cm³/mol. The van der Waals surface area contributed by atoms with Crippen molar-refractivity contribution in [2.75, 3.05) is 13.2 Å². The van der Waals surface area contributed by atoms with E-state index >= 15 is 0 Å². The van der Waals surface area contributed by atoms with Crippen molar-refractivity contribution in [1.82, 2.24) is 5.32 Å². The second-order valence-corrected chi connectivity index (χ2v) is 5.36. The molecule has 0 saturated carbocycles. The van der Waals surface area contributed by atoms with E-state index in [9.17, 15) is 0 Å². The molecule has 0 bridgehead atoms. The molecule has 0 spiro atoms. The van der Waals surface area contributed by atoms with Crippen LogP contribution in [0, 0.1) is 5.92 Å². The Labute approximate surface area is 144 Å². The van der Waals surface area contributed by atoms with Crippen LogP contribution in [0.3, 0.4) is 0 Å². The number of guanidine groups is 1. The number of nitrogens with zero attached hydrogens (tertiary/aromatic N) is 1. The van der Waals surface area contributed by atoms with Crippen molar-refractivity contribution >= 4 is 29.9 Å². The van der Waals surface area contributed by atoms with Gasteiger partial charge in [-0.2, -0.15) is 0 Å². The van der Waals surface area contributed by atoms with Crippen LogP contribution in [0.4, 0.5) is 0 Å². The van der Waals surface area contributed by atoms with E-state index in [1.54, 1.807) is 0 Å². The summed E-state index contributed by atoms with van der Waals surface area (Å²) in [4.78, 5) is 4.27. The number of nitrogens with one attached hydrogen (secondary N) is 1. The minimum absolute atomic E-state index is 0. The number of halogens is 1. The van der Waals surface area contributed by atoms with Crippen molar-refractivity contribution in [3.8, 4) is 5.75 Å². The molecule has 0 unspecified atom stereocenters. The van der Waals surface area contributed by atoms with Crippen molar-refractivity contribution in [3.05, 3.63) is 42.0 Å². The first kappa shape index (κ1) is 19.8. The third-order valence-corrected chi connectivity index (χ3v) is 2.51. The summed E-state index contributed by atoms with van der Waals surface area (Å²) in [7, 11) is 0. The summed E-state index contributed by atoms with van der Waals surface area (Å²) in [5, 5.41) is 3.00. The molecule has 4 nitrogen and oxygen atoms in total. The van der Waals surface area contributed by atoms with Gasteiger partial charge in [0.05, 0.1) is 13.2 Å². The zero-order valence-electron chi connectivity index (χ0n) is 13.1. The van der Waals surface area contributed by atoms with Gasteiger partial charge in [0.1, 0.15) is 5.75 Å². The monoisotopic (exact) mass is 403 g/mol. The van der Waals surface area contributed by atoms with Gasteiger partial charge in [0, 0.05) is 6.54 Å². The van der Waals surface area contributed by atoms with Gasteiger partial charge in [-0.1, -0.05) is 38.1 Å². The molecule has 1 rings (SSSR count). The SMILES string of the molecule is C=C(C)CNC(N)=NCc1ccc(OCC(C)C)cc1.I. The molecule has 0 saturated heterocycles. The van der Waals surface area contributed by atoms with E-state index < -0.39 is 0 Å². The smallest absolute Gasteiger partial charge is 0.189 e. The van der Waals surface area contributed by atoms with Gasteiger partial charge >= 0.3 is 0 Å². The first-order chi connectivity index (χ1) is 9.47. The van der Waals surface area contributed by atoms with Crippen LogP contribution in [0.1, 0.15) is 26.3 Å². The molecule has 5 heteroatoms. The Hall–Kier alpha value is -1.24. The number of ether oxygens (including phenoxy) is 1. The molecule has 0 heterocycles. The third-order valence-electron chi connectivity index (χ3n) is 2.51. The number of aliphatic imine (C=N–C) groups is 1. The van der Waals surface area contributed by atoms with Gasteiger partial charge < -0.3 is 15.8 Å². The number of benzene rings is 1. The van der Waals surface area contributed by atoms with Crippen LogP contribution in [0.2, 0.25) is 0 Å². The van der Waals surface area contributed by atoms with Gasteiger partial charge in [-0.25, -0.2) is 4.99 Å². The third kappa shape index (κ3) is 9.33. The van der Waals surface area contributed by atoms with Crippen molar-refractivity contribution in [3.63, 3.8) is 0 Å². The van der Waals surface area contributed by atoms with Gasteiger partial charge in [-0.05, 0) is 30.5 Å². The Balaban J connectivity index is 0.00000400. The minimum Gasteiger partial charge on any atom is -0.493 e. The Kier molecular flexibility index (Phi) is 9.86. The molecule has 0 amide bonds. The van der Waals surface area contributed by atoms with Crippen LogP contribution >= 0.6 is 24.0 Å². The maximum absolute atomic E-state index is 5.75. The van der Waals surface area contributed by atoms with Crippen LogP contribution in [0.15, 0.2) is 41.4 Å². The Morgan fingerprint density at radius 1 is 1.33 bits per heavy atom. The van der Waals surface area contributed by atoms with Crippen LogP contribution < -0.4 is 15.8 Å². The maximum Gasteiger partial charge on any atom is 0.189 e. The van der Waals surface area contributed by atoms with E-state index in [-0.39, 0.29) is 24.0 Å². The van der Waals surface area contributed by atoms with E-state index in [0.717, 1.165) is 23.5 Å². The highest BCUT2D eigenvalue weighted by molar-refractivity contribution is 14.0. The molecule has 0 aliphatic heterocycles. The zero-order valence-corrected chi connectivity index (χ0v) is 15.4. The number of hydrogen-bond donors (Lipinski definition) is 2. The Morgan fingerprint density at radius 3 is 2.48 bits per heavy atom. The average molecular weight is 403 g/mol.